The van der Waals surface area contributed by atoms with Crippen LogP contribution >= 0.6 is 23.1 Å². The summed E-state index contributed by atoms with van der Waals surface area (Å²) in [5.74, 6) is 0.0100. The van der Waals surface area contributed by atoms with Gasteiger partial charge in [0, 0.05) is 16.9 Å². The lowest BCUT2D eigenvalue weighted by Gasteiger charge is -2.05. The van der Waals surface area contributed by atoms with Gasteiger partial charge in [0.1, 0.15) is 0 Å². The quantitative estimate of drug-likeness (QED) is 0.469. The van der Waals surface area contributed by atoms with E-state index in [1.54, 1.807) is 24.3 Å². The second-order valence-corrected chi connectivity index (χ2v) is 7.54. The summed E-state index contributed by atoms with van der Waals surface area (Å²) in [6.07, 6.45) is 0. The summed E-state index contributed by atoms with van der Waals surface area (Å²) in [6.45, 7) is 1.49. The number of ketones is 1. The van der Waals surface area contributed by atoms with Crippen LogP contribution in [0, 0.1) is 0 Å². The van der Waals surface area contributed by atoms with Crippen molar-refractivity contribution in [3.63, 3.8) is 0 Å². The fraction of sp³-hybridized carbons (Fsp3) is 0.111. The highest BCUT2D eigenvalue weighted by Crippen LogP contribution is 2.27. The summed E-state index contributed by atoms with van der Waals surface area (Å²) < 4.78 is 0.705. The highest BCUT2D eigenvalue weighted by molar-refractivity contribution is 8.01. The zero-order valence-corrected chi connectivity index (χ0v) is 15.6. The number of aromatic nitrogens is 2. The fourth-order valence-corrected chi connectivity index (χ4v) is 3.68. The molecular weight excluding hydrogens is 368 g/mol. The van der Waals surface area contributed by atoms with Crippen molar-refractivity contribution in [1.29, 1.82) is 0 Å². The van der Waals surface area contributed by atoms with E-state index in [-0.39, 0.29) is 17.4 Å². The second-order valence-electron chi connectivity index (χ2n) is 5.34. The van der Waals surface area contributed by atoms with Gasteiger partial charge in [-0.15, -0.1) is 10.2 Å². The molecule has 0 radical (unpaired) electrons. The lowest BCUT2D eigenvalue weighted by Crippen LogP contribution is -2.14. The number of nitrogens with one attached hydrogen (secondary N) is 2. The van der Waals surface area contributed by atoms with Gasteiger partial charge in [-0.1, -0.05) is 53.4 Å². The highest BCUT2D eigenvalue weighted by Gasteiger charge is 2.09. The molecule has 0 atom stereocenters. The highest BCUT2D eigenvalue weighted by atomic mass is 32.2. The van der Waals surface area contributed by atoms with Gasteiger partial charge in [0.05, 0.1) is 5.75 Å². The topological polar surface area (TPSA) is 84.0 Å². The van der Waals surface area contributed by atoms with Crippen LogP contribution in [0.2, 0.25) is 0 Å². The van der Waals surface area contributed by atoms with Crippen LogP contribution in [-0.2, 0) is 4.79 Å². The van der Waals surface area contributed by atoms with Crippen molar-refractivity contribution in [2.45, 2.75) is 11.3 Å². The van der Waals surface area contributed by atoms with Crippen LogP contribution in [0.5, 0.6) is 0 Å². The van der Waals surface area contributed by atoms with Crippen molar-refractivity contribution in [2.75, 3.05) is 16.4 Å². The third-order valence-electron chi connectivity index (χ3n) is 3.31. The molecule has 0 saturated heterocycles. The van der Waals surface area contributed by atoms with Crippen molar-refractivity contribution in [3.05, 3.63) is 60.2 Å². The van der Waals surface area contributed by atoms with Gasteiger partial charge in [-0.2, -0.15) is 0 Å². The maximum atomic E-state index is 12.1. The first-order chi connectivity index (χ1) is 12.6. The number of carbonyl (C=O) groups excluding carboxylic acids is 2. The maximum Gasteiger partial charge on any atom is 0.234 e. The van der Waals surface area contributed by atoms with E-state index >= 15 is 0 Å². The number of benzene rings is 2. The molecule has 8 heteroatoms. The molecule has 1 amide bonds. The summed E-state index contributed by atoms with van der Waals surface area (Å²) in [6, 6.07) is 16.6. The van der Waals surface area contributed by atoms with E-state index in [1.807, 2.05) is 30.3 Å². The van der Waals surface area contributed by atoms with Gasteiger partial charge in [-0.25, -0.2) is 0 Å². The van der Waals surface area contributed by atoms with Crippen LogP contribution in [-0.4, -0.2) is 27.6 Å². The lowest BCUT2D eigenvalue weighted by molar-refractivity contribution is -0.113. The molecule has 3 rings (SSSR count). The molecule has 0 aliphatic rings. The molecule has 0 aliphatic carbocycles. The predicted octanol–water partition coefficient (Wildman–Crippen LogP) is 4.22. The molecule has 0 fully saturated rings. The molecule has 3 aromatic rings. The van der Waals surface area contributed by atoms with Crippen molar-refractivity contribution in [1.82, 2.24) is 10.2 Å². The van der Waals surface area contributed by atoms with E-state index in [0.29, 0.717) is 20.7 Å². The van der Waals surface area contributed by atoms with E-state index in [4.69, 9.17) is 0 Å². The molecule has 0 unspecified atom stereocenters. The standard InChI is InChI=1S/C18H16N4O2S2/c1-12(23)13-6-5-9-15(10-13)19-16(24)11-25-18-22-21-17(26-18)20-14-7-3-2-4-8-14/h2-10H,11H2,1H3,(H,19,24)(H,20,21). The van der Waals surface area contributed by atoms with Gasteiger partial charge in [0.2, 0.25) is 11.0 Å². The van der Waals surface area contributed by atoms with Crippen LogP contribution in [0.1, 0.15) is 17.3 Å². The molecule has 132 valence electrons. The van der Waals surface area contributed by atoms with E-state index in [9.17, 15) is 9.59 Å². The summed E-state index contributed by atoms with van der Waals surface area (Å²) in [5.41, 5.74) is 2.10. The first kappa shape index (κ1) is 18.1. The van der Waals surface area contributed by atoms with Crippen LogP contribution in [0.4, 0.5) is 16.5 Å². The summed E-state index contributed by atoms with van der Waals surface area (Å²) in [7, 11) is 0. The maximum absolute atomic E-state index is 12.1. The van der Waals surface area contributed by atoms with Gasteiger partial charge < -0.3 is 10.6 Å². The van der Waals surface area contributed by atoms with E-state index in [2.05, 4.69) is 20.8 Å². The Morgan fingerprint density at radius 3 is 2.58 bits per heavy atom. The number of carbonyl (C=O) groups is 2. The Bertz CT molecular complexity index is 912. The monoisotopic (exact) mass is 384 g/mol. The first-order valence-corrected chi connectivity index (χ1v) is 9.59. The molecule has 0 bridgehead atoms. The zero-order chi connectivity index (χ0) is 18.4. The average Bonchev–Trinajstić information content (AvgIpc) is 3.08. The molecule has 0 saturated carbocycles. The van der Waals surface area contributed by atoms with E-state index in [1.165, 1.54) is 30.0 Å². The van der Waals surface area contributed by atoms with Crippen molar-refractivity contribution >= 4 is 51.3 Å². The predicted molar refractivity (Wildman–Crippen MR) is 105 cm³/mol. The summed E-state index contributed by atoms with van der Waals surface area (Å²) in [4.78, 5) is 23.5. The molecule has 0 spiro atoms. The fourth-order valence-electron chi connectivity index (χ4n) is 2.10. The average molecular weight is 384 g/mol. The van der Waals surface area contributed by atoms with Gasteiger partial charge in [0.15, 0.2) is 10.1 Å². The molecule has 6 nitrogen and oxygen atoms in total. The molecule has 1 heterocycles. The minimum Gasteiger partial charge on any atom is -0.330 e. The van der Waals surface area contributed by atoms with Gasteiger partial charge in [0.25, 0.3) is 0 Å². The number of thioether (sulfide) groups is 1. The Morgan fingerprint density at radius 2 is 1.81 bits per heavy atom. The van der Waals surface area contributed by atoms with Crippen LogP contribution in [0.3, 0.4) is 0 Å². The number of hydrogen-bond acceptors (Lipinski definition) is 7. The third kappa shape index (κ3) is 5.14. The van der Waals surface area contributed by atoms with E-state index in [0.717, 1.165) is 5.69 Å². The Morgan fingerprint density at radius 1 is 1.04 bits per heavy atom. The van der Waals surface area contributed by atoms with Crippen molar-refractivity contribution in [3.8, 4) is 0 Å². The number of amides is 1. The molecule has 2 aromatic carbocycles. The number of para-hydroxylation sites is 1. The minimum absolute atomic E-state index is 0.0391. The van der Waals surface area contributed by atoms with Gasteiger partial charge in [-0.05, 0) is 31.2 Å². The third-order valence-corrected chi connectivity index (χ3v) is 5.28. The van der Waals surface area contributed by atoms with Crippen LogP contribution in [0.25, 0.3) is 0 Å². The van der Waals surface area contributed by atoms with Crippen LogP contribution in [0.15, 0.2) is 58.9 Å². The smallest absolute Gasteiger partial charge is 0.234 e. The number of hydrogen-bond donors (Lipinski definition) is 2. The summed E-state index contributed by atoms with van der Waals surface area (Å²) >= 11 is 2.70. The minimum atomic E-state index is -0.163. The van der Waals surface area contributed by atoms with Gasteiger partial charge in [-0.3, -0.25) is 9.59 Å². The number of nitrogens with zero attached hydrogens (tertiary/aromatic N) is 2. The van der Waals surface area contributed by atoms with Gasteiger partial charge >= 0.3 is 0 Å². The molecule has 2 N–H and O–H groups in total. The summed E-state index contributed by atoms with van der Waals surface area (Å²) in [5, 5.41) is 14.8. The number of Topliss-reactive ketones (excluding diaryl/α,β-unsaturated/α-hetero) is 1. The SMILES string of the molecule is CC(=O)c1cccc(NC(=O)CSc2nnc(Nc3ccccc3)s2)c1. The molecule has 1 aromatic heterocycles. The number of rotatable bonds is 7. The van der Waals surface area contributed by atoms with Crippen molar-refractivity contribution in [2.24, 2.45) is 0 Å². The lowest BCUT2D eigenvalue weighted by atomic mass is 10.1. The Labute approximate surface area is 159 Å². The first-order valence-electron chi connectivity index (χ1n) is 7.79. The molecular formula is C18H16N4O2S2. The molecule has 26 heavy (non-hydrogen) atoms. The van der Waals surface area contributed by atoms with E-state index < -0.39 is 0 Å². The van der Waals surface area contributed by atoms with Crippen molar-refractivity contribution < 1.29 is 9.59 Å². The zero-order valence-electron chi connectivity index (χ0n) is 13.9. The Balaban J connectivity index is 1.52. The largest absolute Gasteiger partial charge is 0.330 e. The number of anilines is 3. The second kappa shape index (κ2) is 8.59. The Hall–Kier alpha value is -2.71. The van der Waals surface area contributed by atoms with Crippen LogP contribution < -0.4 is 10.6 Å². The molecule has 0 aliphatic heterocycles. The normalized spacial score (nSPS) is 10.3. The Kier molecular flexibility index (Phi) is 5.98.